The quantitative estimate of drug-likeness (QED) is 0.255. The lowest BCUT2D eigenvalue weighted by Gasteiger charge is -2.21. The van der Waals surface area contributed by atoms with Crippen LogP contribution in [0.15, 0.2) is 48.7 Å². The first-order valence-electron chi connectivity index (χ1n) is 17.4. The van der Waals surface area contributed by atoms with Gasteiger partial charge in [-0.15, -0.1) is 0 Å². The SMILES string of the molecule is Cc1c2cc(cc1C(=O)Nc1cc(CN3CCCN(C)CC3)cc(C(F)(F)F)c1)OCCCCCCCNC(=O)c1ccc3ncc(n3n1)C#C2. The molecule has 4 aromatic rings. The number of carbonyl (C=O) groups is 2. The molecule has 13 heteroatoms. The van der Waals surface area contributed by atoms with E-state index in [2.05, 4.69) is 42.4 Å². The summed E-state index contributed by atoms with van der Waals surface area (Å²) in [5.74, 6) is 5.76. The third kappa shape index (κ3) is 9.25. The molecule has 2 N–H and O–H groups in total. The minimum Gasteiger partial charge on any atom is -0.494 e. The zero-order valence-corrected chi connectivity index (χ0v) is 28.9. The Morgan fingerprint density at radius 2 is 1.80 bits per heavy atom. The van der Waals surface area contributed by atoms with E-state index in [-0.39, 0.29) is 22.9 Å². The lowest BCUT2D eigenvalue weighted by molar-refractivity contribution is -0.137. The van der Waals surface area contributed by atoms with E-state index in [9.17, 15) is 22.8 Å². The highest BCUT2D eigenvalue weighted by Gasteiger charge is 2.32. The van der Waals surface area contributed by atoms with Gasteiger partial charge in [-0.3, -0.25) is 14.5 Å². The number of alkyl halides is 3. The van der Waals surface area contributed by atoms with Gasteiger partial charge in [-0.05, 0) is 106 Å². The number of ether oxygens (including phenoxy) is 1. The molecule has 0 spiro atoms. The second-order valence-corrected chi connectivity index (χ2v) is 13.2. The van der Waals surface area contributed by atoms with Crippen molar-refractivity contribution in [2.24, 2.45) is 0 Å². The third-order valence-electron chi connectivity index (χ3n) is 9.22. The molecule has 2 aliphatic heterocycles. The molecule has 2 aromatic heterocycles. The van der Waals surface area contributed by atoms with Gasteiger partial charge in [-0.1, -0.05) is 25.2 Å². The minimum absolute atomic E-state index is 0.0594. The number of halogens is 3. The highest BCUT2D eigenvalue weighted by molar-refractivity contribution is 6.06. The fraction of sp³-hybridized carbons (Fsp3) is 0.421. The van der Waals surface area contributed by atoms with E-state index in [1.165, 1.54) is 4.52 Å². The Morgan fingerprint density at radius 3 is 2.65 bits per heavy atom. The molecule has 0 radical (unpaired) electrons. The molecule has 2 amide bonds. The molecule has 0 atom stereocenters. The second-order valence-electron chi connectivity index (χ2n) is 13.2. The molecule has 51 heavy (non-hydrogen) atoms. The molecule has 2 aliphatic rings. The van der Waals surface area contributed by atoms with Crippen LogP contribution >= 0.6 is 0 Å². The first-order valence-corrected chi connectivity index (χ1v) is 17.4. The van der Waals surface area contributed by atoms with Crippen LogP contribution in [0.3, 0.4) is 0 Å². The zero-order valence-electron chi connectivity index (χ0n) is 28.9. The summed E-state index contributed by atoms with van der Waals surface area (Å²) in [4.78, 5) is 35.3. The van der Waals surface area contributed by atoms with Crippen LogP contribution in [0.25, 0.3) is 5.65 Å². The van der Waals surface area contributed by atoms with Crippen molar-refractivity contribution < 1.29 is 27.5 Å². The van der Waals surface area contributed by atoms with Crippen molar-refractivity contribution in [1.29, 1.82) is 0 Å². The highest BCUT2D eigenvalue weighted by atomic mass is 19.4. The van der Waals surface area contributed by atoms with Gasteiger partial charge in [0.15, 0.2) is 5.65 Å². The zero-order chi connectivity index (χ0) is 36.0. The van der Waals surface area contributed by atoms with E-state index in [4.69, 9.17) is 4.74 Å². The van der Waals surface area contributed by atoms with Crippen LogP contribution in [-0.2, 0) is 12.7 Å². The maximum absolute atomic E-state index is 14.1. The lowest BCUT2D eigenvalue weighted by Crippen LogP contribution is -2.28. The number of fused-ring (bicyclic) bond motifs is 3. The Bertz CT molecular complexity index is 1960. The lowest BCUT2D eigenvalue weighted by atomic mass is 10.0. The third-order valence-corrected chi connectivity index (χ3v) is 9.22. The molecule has 10 nitrogen and oxygen atoms in total. The van der Waals surface area contributed by atoms with E-state index in [1.54, 1.807) is 43.5 Å². The van der Waals surface area contributed by atoms with Crippen LogP contribution in [0.4, 0.5) is 18.9 Å². The molecule has 0 unspecified atom stereocenters. The molecule has 1 fully saturated rings. The van der Waals surface area contributed by atoms with Crippen molar-refractivity contribution in [3.63, 3.8) is 0 Å². The largest absolute Gasteiger partial charge is 0.494 e. The van der Waals surface area contributed by atoms with Crippen LogP contribution in [0.2, 0.25) is 0 Å². The first kappa shape index (κ1) is 35.9. The number of carbonyl (C=O) groups excluding carboxylic acids is 2. The van der Waals surface area contributed by atoms with Gasteiger partial charge in [-0.25, -0.2) is 9.50 Å². The van der Waals surface area contributed by atoms with Crippen molar-refractivity contribution in [3.05, 3.63) is 87.9 Å². The van der Waals surface area contributed by atoms with E-state index in [0.29, 0.717) is 53.5 Å². The van der Waals surface area contributed by atoms with E-state index in [1.807, 2.05) is 7.05 Å². The normalized spacial score (nSPS) is 16.9. The van der Waals surface area contributed by atoms with Gasteiger partial charge >= 0.3 is 6.18 Å². The van der Waals surface area contributed by atoms with Crippen molar-refractivity contribution in [1.82, 2.24) is 29.7 Å². The topological polar surface area (TPSA) is 104 Å². The monoisotopic (exact) mass is 701 g/mol. The Hall–Kier alpha value is -4.93. The highest BCUT2D eigenvalue weighted by Crippen LogP contribution is 2.33. The summed E-state index contributed by atoms with van der Waals surface area (Å²) in [6, 6.07) is 10.4. The van der Waals surface area contributed by atoms with Crippen molar-refractivity contribution in [2.45, 2.75) is 58.2 Å². The van der Waals surface area contributed by atoms with E-state index in [0.717, 1.165) is 76.8 Å². The molecule has 0 aliphatic carbocycles. The molecule has 268 valence electrons. The number of imidazole rings is 1. The Morgan fingerprint density at radius 1 is 0.980 bits per heavy atom. The number of nitrogens with one attached hydrogen (secondary N) is 2. The fourth-order valence-corrected chi connectivity index (χ4v) is 6.32. The minimum atomic E-state index is -4.59. The Kier molecular flexibility index (Phi) is 11.2. The maximum atomic E-state index is 14.1. The van der Waals surface area contributed by atoms with Gasteiger partial charge in [0.25, 0.3) is 11.8 Å². The molecule has 6 rings (SSSR count). The summed E-state index contributed by atoms with van der Waals surface area (Å²) in [5, 5.41) is 10.1. The number of likely N-dealkylation sites (N-methyl/N-ethyl adjacent to an activating group) is 1. The van der Waals surface area contributed by atoms with Crippen LogP contribution < -0.4 is 15.4 Å². The second kappa shape index (κ2) is 16.0. The summed E-state index contributed by atoms with van der Waals surface area (Å²) in [7, 11) is 2.04. The van der Waals surface area contributed by atoms with Crippen molar-refractivity contribution in [2.75, 3.05) is 51.7 Å². The predicted octanol–water partition coefficient (Wildman–Crippen LogP) is 5.92. The molecule has 0 saturated carbocycles. The Labute approximate surface area is 295 Å². The molecule has 4 bridgehead atoms. The molecular formula is C38H42F3N7O3. The number of aromatic nitrogens is 3. The number of hydrogen-bond acceptors (Lipinski definition) is 7. The van der Waals surface area contributed by atoms with Gasteiger partial charge in [0.05, 0.1) is 18.4 Å². The maximum Gasteiger partial charge on any atom is 0.416 e. The number of rotatable bonds is 4. The number of hydrogen-bond donors (Lipinski definition) is 2. The summed E-state index contributed by atoms with van der Waals surface area (Å²) in [6.07, 6.45) is 2.34. The Balaban J connectivity index is 1.33. The number of anilines is 1. The summed E-state index contributed by atoms with van der Waals surface area (Å²) < 4.78 is 49.8. The molecule has 2 aromatic carbocycles. The van der Waals surface area contributed by atoms with E-state index >= 15 is 0 Å². The molecule has 1 saturated heterocycles. The molecular weight excluding hydrogens is 659 g/mol. The molecule has 4 heterocycles. The van der Waals surface area contributed by atoms with Crippen LogP contribution in [0.1, 0.15) is 87.3 Å². The van der Waals surface area contributed by atoms with Crippen LogP contribution in [0, 0.1) is 18.8 Å². The predicted molar refractivity (Wildman–Crippen MR) is 188 cm³/mol. The average Bonchev–Trinajstić information content (AvgIpc) is 3.39. The first-order chi connectivity index (χ1) is 24.5. The van der Waals surface area contributed by atoms with Crippen LogP contribution in [0.5, 0.6) is 5.75 Å². The number of nitrogens with zero attached hydrogens (tertiary/aromatic N) is 5. The van der Waals surface area contributed by atoms with Crippen molar-refractivity contribution in [3.8, 4) is 17.6 Å². The summed E-state index contributed by atoms with van der Waals surface area (Å²) >= 11 is 0. The fourth-order valence-electron chi connectivity index (χ4n) is 6.32. The van der Waals surface area contributed by atoms with Gasteiger partial charge in [0, 0.05) is 43.0 Å². The van der Waals surface area contributed by atoms with Crippen molar-refractivity contribution >= 4 is 23.1 Å². The average molecular weight is 702 g/mol. The standard InChI is InChI=1S/C38H42F3N7O3/c1-26-28-9-10-31-24-43-35-12-11-34(45-48(31)35)37(50)42-13-6-4-3-5-7-18-51-32(21-28)23-33(26)36(49)44-30-20-27(19-29(22-30)38(39,40)41)25-47-15-8-14-46(2)16-17-47/h11-12,19-24H,3-8,13-18,25H2,1-2H3,(H,42,50)(H,44,49). The van der Waals surface area contributed by atoms with E-state index < -0.39 is 17.6 Å². The summed E-state index contributed by atoms with van der Waals surface area (Å²) in [6.45, 7) is 6.32. The van der Waals surface area contributed by atoms with Gasteiger partial charge in [-0.2, -0.15) is 18.3 Å². The smallest absolute Gasteiger partial charge is 0.416 e. The van der Waals surface area contributed by atoms with Crippen LogP contribution in [-0.4, -0.2) is 82.6 Å². The summed E-state index contributed by atoms with van der Waals surface area (Å²) in [5.41, 5.74) is 2.15. The van der Waals surface area contributed by atoms with Gasteiger partial charge in [0.2, 0.25) is 0 Å². The number of amides is 2. The van der Waals surface area contributed by atoms with Gasteiger partial charge < -0.3 is 20.3 Å². The number of benzene rings is 2. The van der Waals surface area contributed by atoms with Gasteiger partial charge in [0.1, 0.15) is 17.1 Å².